The molecular formula is C17H25NO4. The molecule has 1 atom stereocenters. The summed E-state index contributed by atoms with van der Waals surface area (Å²) in [5.74, 6) is 0.710. The second-order valence-corrected chi connectivity index (χ2v) is 5.19. The number of para-hydroxylation sites is 1. The largest absolute Gasteiger partial charge is 0.492 e. The Hall–Kier alpha value is -1.59. The van der Waals surface area contributed by atoms with Crippen molar-refractivity contribution in [2.45, 2.75) is 26.3 Å². The first-order chi connectivity index (χ1) is 10.8. The van der Waals surface area contributed by atoms with Gasteiger partial charge < -0.3 is 14.2 Å². The smallest absolute Gasteiger partial charge is 0.325 e. The van der Waals surface area contributed by atoms with Gasteiger partial charge in [0.05, 0.1) is 19.8 Å². The molecule has 0 saturated carbocycles. The molecule has 0 amide bonds. The molecule has 5 heteroatoms. The van der Waals surface area contributed by atoms with E-state index in [1.165, 1.54) is 5.56 Å². The van der Waals surface area contributed by atoms with Gasteiger partial charge in [0.1, 0.15) is 18.4 Å². The zero-order valence-electron chi connectivity index (χ0n) is 13.4. The summed E-state index contributed by atoms with van der Waals surface area (Å²) in [4.78, 5) is 14.0. The molecule has 0 radical (unpaired) electrons. The molecule has 1 saturated heterocycles. The molecule has 0 aromatic heterocycles. The Morgan fingerprint density at radius 1 is 1.36 bits per heavy atom. The highest BCUT2D eigenvalue weighted by molar-refractivity contribution is 5.76. The van der Waals surface area contributed by atoms with Gasteiger partial charge in [-0.1, -0.05) is 25.1 Å². The minimum Gasteiger partial charge on any atom is -0.492 e. The normalized spacial score (nSPS) is 18.9. The highest BCUT2D eigenvalue weighted by Crippen LogP contribution is 2.18. The summed E-state index contributed by atoms with van der Waals surface area (Å²) in [7, 11) is 0. The Morgan fingerprint density at radius 3 is 2.95 bits per heavy atom. The lowest BCUT2D eigenvalue weighted by molar-refractivity contribution is -0.156. The van der Waals surface area contributed by atoms with Crippen molar-refractivity contribution in [1.82, 2.24) is 4.90 Å². The molecule has 1 aliphatic rings. The summed E-state index contributed by atoms with van der Waals surface area (Å²) in [5.41, 5.74) is 1.20. The summed E-state index contributed by atoms with van der Waals surface area (Å²) in [5, 5.41) is 0. The number of esters is 1. The molecule has 0 bridgehead atoms. The number of carbonyl (C=O) groups excluding carboxylic acids is 1. The Kier molecular flexibility index (Phi) is 6.68. The molecule has 0 spiro atoms. The van der Waals surface area contributed by atoms with E-state index in [-0.39, 0.29) is 12.0 Å². The van der Waals surface area contributed by atoms with Gasteiger partial charge in [0.15, 0.2) is 0 Å². The van der Waals surface area contributed by atoms with Crippen LogP contribution in [0.25, 0.3) is 0 Å². The summed E-state index contributed by atoms with van der Waals surface area (Å²) in [6.07, 6.45) is 0.944. The number of rotatable bonds is 7. The fourth-order valence-corrected chi connectivity index (χ4v) is 2.57. The topological polar surface area (TPSA) is 48.0 Å². The van der Waals surface area contributed by atoms with E-state index >= 15 is 0 Å². The van der Waals surface area contributed by atoms with Crippen molar-refractivity contribution in [1.29, 1.82) is 0 Å². The number of hydrogen-bond donors (Lipinski definition) is 0. The van der Waals surface area contributed by atoms with Crippen LogP contribution in [0.1, 0.15) is 19.4 Å². The molecule has 2 rings (SSSR count). The van der Waals surface area contributed by atoms with Gasteiger partial charge in [-0.25, -0.2) is 0 Å². The van der Waals surface area contributed by atoms with Crippen LogP contribution >= 0.6 is 0 Å². The number of morpholine rings is 1. The van der Waals surface area contributed by atoms with Crippen LogP contribution in [0.5, 0.6) is 5.75 Å². The highest BCUT2D eigenvalue weighted by atomic mass is 16.5. The van der Waals surface area contributed by atoms with E-state index < -0.39 is 0 Å². The SMILES string of the molecule is CCOC(=O)[C@H]1COCCN1CCOc1ccccc1CC. The number of carbonyl (C=O) groups is 1. The lowest BCUT2D eigenvalue weighted by Crippen LogP contribution is -2.51. The third-order valence-electron chi connectivity index (χ3n) is 3.79. The number of benzene rings is 1. The molecule has 1 aromatic carbocycles. The lowest BCUT2D eigenvalue weighted by Gasteiger charge is -2.33. The molecule has 1 fully saturated rings. The van der Waals surface area contributed by atoms with E-state index in [0.717, 1.165) is 18.7 Å². The second kappa shape index (κ2) is 8.76. The second-order valence-electron chi connectivity index (χ2n) is 5.19. The van der Waals surface area contributed by atoms with Crippen LogP contribution in [-0.2, 0) is 20.7 Å². The van der Waals surface area contributed by atoms with Crippen LogP contribution in [0.15, 0.2) is 24.3 Å². The van der Waals surface area contributed by atoms with Crippen molar-refractivity contribution in [3.8, 4) is 5.75 Å². The Bertz CT molecular complexity index is 477. The number of hydrogen-bond acceptors (Lipinski definition) is 5. The van der Waals surface area contributed by atoms with Crippen molar-refractivity contribution >= 4 is 5.97 Å². The lowest BCUT2D eigenvalue weighted by atomic mass is 10.1. The average Bonchev–Trinajstić information content (AvgIpc) is 2.56. The minimum atomic E-state index is -0.321. The first-order valence-electron chi connectivity index (χ1n) is 7.95. The summed E-state index contributed by atoms with van der Waals surface area (Å²) in [6.45, 7) is 7.31. The van der Waals surface area contributed by atoms with Gasteiger partial charge in [-0.15, -0.1) is 0 Å². The van der Waals surface area contributed by atoms with Gasteiger partial charge >= 0.3 is 5.97 Å². The summed E-state index contributed by atoms with van der Waals surface area (Å²) in [6, 6.07) is 7.74. The number of ether oxygens (including phenoxy) is 3. The molecule has 22 heavy (non-hydrogen) atoms. The molecule has 1 aromatic rings. The first-order valence-corrected chi connectivity index (χ1v) is 7.95. The monoisotopic (exact) mass is 307 g/mol. The number of nitrogens with zero attached hydrogens (tertiary/aromatic N) is 1. The molecular weight excluding hydrogens is 282 g/mol. The molecule has 0 unspecified atom stereocenters. The van der Waals surface area contributed by atoms with Crippen molar-refractivity contribution in [3.63, 3.8) is 0 Å². The molecule has 0 aliphatic carbocycles. The predicted molar refractivity (Wildman–Crippen MR) is 84.1 cm³/mol. The average molecular weight is 307 g/mol. The van der Waals surface area contributed by atoms with E-state index in [9.17, 15) is 4.79 Å². The van der Waals surface area contributed by atoms with E-state index in [2.05, 4.69) is 17.9 Å². The van der Waals surface area contributed by atoms with Gasteiger partial charge in [0.2, 0.25) is 0 Å². The third-order valence-corrected chi connectivity index (χ3v) is 3.79. The van der Waals surface area contributed by atoms with E-state index in [4.69, 9.17) is 14.2 Å². The molecule has 0 N–H and O–H groups in total. The van der Waals surface area contributed by atoms with Crippen molar-refractivity contribution in [2.24, 2.45) is 0 Å². The molecule has 5 nitrogen and oxygen atoms in total. The van der Waals surface area contributed by atoms with Crippen LogP contribution in [0, 0.1) is 0 Å². The van der Waals surface area contributed by atoms with Crippen LogP contribution < -0.4 is 4.74 Å². The quantitative estimate of drug-likeness (QED) is 0.720. The molecule has 1 heterocycles. The van der Waals surface area contributed by atoms with Crippen LogP contribution in [-0.4, -0.2) is 56.4 Å². The summed E-state index contributed by atoms with van der Waals surface area (Å²) < 4.78 is 16.4. The maximum Gasteiger partial charge on any atom is 0.325 e. The zero-order chi connectivity index (χ0) is 15.8. The fraction of sp³-hybridized carbons (Fsp3) is 0.588. The Balaban J connectivity index is 1.87. The van der Waals surface area contributed by atoms with Crippen molar-refractivity contribution < 1.29 is 19.0 Å². The minimum absolute atomic E-state index is 0.212. The van der Waals surface area contributed by atoms with Gasteiger partial charge in [-0.05, 0) is 25.0 Å². The van der Waals surface area contributed by atoms with Gasteiger partial charge in [-0.3, -0.25) is 9.69 Å². The van der Waals surface area contributed by atoms with Gasteiger partial charge in [0, 0.05) is 13.1 Å². The number of aryl methyl sites for hydroxylation is 1. The van der Waals surface area contributed by atoms with Crippen LogP contribution in [0.2, 0.25) is 0 Å². The molecule has 1 aliphatic heterocycles. The zero-order valence-corrected chi connectivity index (χ0v) is 13.4. The van der Waals surface area contributed by atoms with Crippen molar-refractivity contribution in [2.75, 3.05) is 39.5 Å². The Morgan fingerprint density at radius 2 is 2.18 bits per heavy atom. The maximum absolute atomic E-state index is 12.0. The highest BCUT2D eigenvalue weighted by Gasteiger charge is 2.30. The predicted octanol–water partition coefficient (Wildman–Crippen LogP) is 1.89. The first kappa shape index (κ1) is 16.8. The van der Waals surface area contributed by atoms with Gasteiger partial charge in [0.25, 0.3) is 0 Å². The van der Waals surface area contributed by atoms with E-state index in [1.54, 1.807) is 0 Å². The van der Waals surface area contributed by atoms with E-state index in [0.29, 0.717) is 33.0 Å². The maximum atomic E-state index is 12.0. The van der Waals surface area contributed by atoms with Crippen LogP contribution in [0.4, 0.5) is 0 Å². The third kappa shape index (κ3) is 4.45. The van der Waals surface area contributed by atoms with Gasteiger partial charge in [-0.2, -0.15) is 0 Å². The fourth-order valence-electron chi connectivity index (χ4n) is 2.57. The summed E-state index contributed by atoms with van der Waals surface area (Å²) >= 11 is 0. The van der Waals surface area contributed by atoms with Crippen molar-refractivity contribution in [3.05, 3.63) is 29.8 Å². The van der Waals surface area contributed by atoms with E-state index in [1.807, 2.05) is 25.1 Å². The Labute approximate surface area is 132 Å². The standard InChI is InChI=1S/C17H25NO4/c1-3-14-7-5-6-8-16(14)22-12-10-18-9-11-20-13-15(18)17(19)21-4-2/h5-8,15H,3-4,9-13H2,1-2H3/t15-/m1/s1. The molecule has 122 valence electrons. The van der Waals surface area contributed by atoms with Crippen LogP contribution in [0.3, 0.4) is 0 Å².